The summed E-state index contributed by atoms with van der Waals surface area (Å²) in [7, 11) is 1.50. The lowest BCUT2D eigenvalue weighted by Crippen LogP contribution is -2.19. The van der Waals surface area contributed by atoms with Gasteiger partial charge in [0, 0.05) is 22.2 Å². The van der Waals surface area contributed by atoms with Crippen LogP contribution in [0.4, 0.5) is 10.1 Å². The van der Waals surface area contributed by atoms with Crippen molar-refractivity contribution in [1.29, 1.82) is 0 Å². The van der Waals surface area contributed by atoms with Gasteiger partial charge in [-0.3, -0.25) is 10.1 Å². The molecule has 1 aromatic carbocycles. The van der Waals surface area contributed by atoms with Gasteiger partial charge in [-0.05, 0) is 19.4 Å². The van der Waals surface area contributed by atoms with Crippen molar-refractivity contribution in [2.45, 2.75) is 20.3 Å². The van der Waals surface area contributed by atoms with Crippen LogP contribution in [0.3, 0.4) is 0 Å². The molecule has 0 aliphatic carbocycles. The Morgan fingerprint density at radius 1 is 1.48 bits per heavy atom. The number of rotatable bonds is 7. The number of hydrogen-bond donors (Lipinski definition) is 0. The molecule has 0 saturated heterocycles. The molecule has 21 heavy (non-hydrogen) atoms. The second-order valence-electron chi connectivity index (χ2n) is 4.62. The largest absolute Gasteiger partial charge is 0.490 e. The number of ether oxygens (including phenoxy) is 1. The molecule has 1 aromatic rings. The lowest BCUT2D eigenvalue weighted by Gasteiger charge is -2.15. The van der Waals surface area contributed by atoms with Crippen molar-refractivity contribution < 1.29 is 22.5 Å². The van der Waals surface area contributed by atoms with Crippen molar-refractivity contribution in [3.63, 3.8) is 0 Å². The summed E-state index contributed by atoms with van der Waals surface area (Å²) in [5.41, 5.74) is -0.0790. The zero-order valence-corrected chi connectivity index (χ0v) is 13.1. The molecule has 0 aromatic heterocycles. The second kappa shape index (κ2) is 7.04. The van der Waals surface area contributed by atoms with Crippen LogP contribution in [0.25, 0.3) is 0 Å². The lowest BCUT2D eigenvalue weighted by molar-refractivity contribution is -0.385. The molecule has 118 valence electrons. The zero-order chi connectivity index (χ0) is 16.2. The summed E-state index contributed by atoms with van der Waals surface area (Å²) in [6.07, 6.45) is 0.486. The Labute approximate surface area is 126 Å². The highest BCUT2D eigenvalue weighted by molar-refractivity contribution is 8.13. The fourth-order valence-electron chi connectivity index (χ4n) is 1.72. The van der Waals surface area contributed by atoms with E-state index in [0.29, 0.717) is 6.42 Å². The first kappa shape index (κ1) is 17.6. The first-order valence-electron chi connectivity index (χ1n) is 6.13. The molecule has 0 radical (unpaired) electrons. The van der Waals surface area contributed by atoms with Crippen molar-refractivity contribution in [2.75, 3.05) is 12.4 Å². The highest BCUT2D eigenvalue weighted by Crippen LogP contribution is 2.27. The summed E-state index contributed by atoms with van der Waals surface area (Å²) in [5.74, 6) is -1.68. The first-order chi connectivity index (χ1) is 9.64. The minimum atomic E-state index is -3.67. The number of nitro benzene ring substituents is 1. The summed E-state index contributed by atoms with van der Waals surface area (Å²) < 4.78 is 41.0. The molecule has 1 rings (SSSR count). The average Bonchev–Trinajstić information content (AvgIpc) is 2.35. The predicted molar refractivity (Wildman–Crippen MR) is 76.7 cm³/mol. The molecule has 0 aliphatic rings. The number of benzene rings is 1. The molecule has 0 aliphatic heterocycles. The van der Waals surface area contributed by atoms with Crippen molar-refractivity contribution in [3.8, 4) is 5.75 Å². The lowest BCUT2D eigenvalue weighted by atomic mass is 10.1. The van der Waals surface area contributed by atoms with Crippen LogP contribution in [0.2, 0.25) is 0 Å². The average molecular weight is 340 g/mol. The third kappa shape index (κ3) is 5.47. The molecule has 9 heteroatoms. The Bertz CT molecular complexity index is 635. The monoisotopic (exact) mass is 339 g/mol. The van der Waals surface area contributed by atoms with Gasteiger partial charge in [0.1, 0.15) is 0 Å². The Morgan fingerprint density at radius 2 is 2.10 bits per heavy atom. The van der Waals surface area contributed by atoms with Gasteiger partial charge in [0.05, 0.1) is 23.3 Å². The summed E-state index contributed by atoms with van der Waals surface area (Å²) in [6, 6.07) is 2.00. The molecule has 0 amide bonds. The maximum absolute atomic E-state index is 13.7. The van der Waals surface area contributed by atoms with Gasteiger partial charge in [0.25, 0.3) is 5.69 Å². The van der Waals surface area contributed by atoms with Crippen molar-refractivity contribution in [2.24, 2.45) is 5.92 Å². The SMILES string of the molecule is CCC(COc1cc(C)c([N+](=O)[O-])cc1F)CS(=O)(=O)Cl. The quantitative estimate of drug-likeness (QED) is 0.433. The molecular weight excluding hydrogens is 325 g/mol. The van der Waals surface area contributed by atoms with Crippen LogP contribution in [0.5, 0.6) is 5.75 Å². The Balaban J connectivity index is 2.84. The fraction of sp³-hybridized carbons (Fsp3) is 0.500. The zero-order valence-electron chi connectivity index (χ0n) is 11.5. The molecule has 0 N–H and O–H groups in total. The van der Waals surface area contributed by atoms with Crippen molar-refractivity contribution in [1.82, 2.24) is 0 Å². The number of nitro groups is 1. The molecule has 0 saturated carbocycles. The van der Waals surface area contributed by atoms with Crippen LogP contribution in [0.1, 0.15) is 18.9 Å². The van der Waals surface area contributed by atoms with Gasteiger partial charge < -0.3 is 4.74 Å². The maximum atomic E-state index is 13.7. The molecular formula is C12H15ClFNO5S. The molecule has 1 atom stereocenters. The normalized spacial score (nSPS) is 13.0. The summed E-state index contributed by atoms with van der Waals surface area (Å²) in [5, 5.41) is 10.7. The maximum Gasteiger partial charge on any atom is 0.275 e. The molecule has 0 spiro atoms. The van der Waals surface area contributed by atoms with Gasteiger partial charge in [0.2, 0.25) is 9.05 Å². The predicted octanol–water partition coefficient (Wildman–Crippen LogP) is 3.02. The third-order valence-electron chi connectivity index (χ3n) is 2.93. The molecule has 0 bridgehead atoms. The first-order valence-corrected chi connectivity index (χ1v) is 8.61. The van der Waals surface area contributed by atoms with Crippen LogP contribution >= 0.6 is 10.7 Å². The topological polar surface area (TPSA) is 86.5 Å². The van der Waals surface area contributed by atoms with Crippen molar-refractivity contribution >= 4 is 25.4 Å². The van der Waals surface area contributed by atoms with E-state index in [1.165, 1.54) is 13.0 Å². The highest BCUT2D eigenvalue weighted by atomic mass is 35.7. The Kier molecular flexibility index (Phi) is 5.91. The Hall–Kier alpha value is -1.41. The highest BCUT2D eigenvalue weighted by Gasteiger charge is 2.19. The van der Waals surface area contributed by atoms with E-state index in [9.17, 15) is 22.9 Å². The van der Waals surface area contributed by atoms with Crippen molar-refractivity contribution in [3.05, 3.63) is 33.6 Å². The van der Waals surface area contributed by atoms with E-state index >= 15 is 0 Å². The fourth-order valence-corrected chi connectivity index (χ4v) is 3.15. The van der Waals surface area contributed by atoms with E-state index in [1.54, 1.807) is 6.92 Å². The standard InChI is InChI=1S/C12H15ClFNO5S/c1-3-9(7-21(13,18)19)6-20-12-4-8(2)11(15(16)17)5-10(12)14/h4-5,9H,3,6-7H2,1-2H3. The van der Waals surface area contributed by atoms with Gasteiger partial charge in [-0.1, -0.05) is 6.92 Å². The summed E-state index contributed by atoms with van der Waals surface area (Å²) in [6.45, 7) is 3.18. The van der Waals surface area contributed by atoms with E-state index < -0.39 is 19.8 Å². The Morgan fingerprint density at radius 3 is 2.57 bits per heavy atom. The molecule has 0 fully saturated rings. The van der Waals surface area contributed by atoms with E-state index in [2.05, 4.69) is 0 Å². The van der Waals surface area contributed by atoms with Gasteiger partial charge in [-0.25, -0.2) is 12.8 Å². The smallest absolute Gasteiger partial charge is 0.275 e. The van der Waals surface area contributed by atoms with E-state index in [-0.39, 0.29) is 35.3 Å². The van der Waals surface area contributed by atoms with Crippen LogP contribution in [0.15, 0.2) is 12.1 Å². The number of halogens is 2. The van der Waals surface area contributed by atoms with E-state index in [4.69, 9.17) is 15.4 Å². The molecule has 6 nitrogen and oxygen atoms in total. The van der Waals surface area contributed by atoms with Gasteiger partial charge in [-0.2, -0.15) is 0 Å². The minimum absolute atomic E-state index is 0.0450. The molecule has 1 unspecified atom stereocenters. The van der Waals surface area contributed by atoms with Crippen LogP contribution in [-0.4, -0.2) is 25.7 Å². The minimum Gasteiger partial charge on any atom is -0.490 e. The van der Waals surface area contributed by atoms with E-state index in [0.717, 1.165) is 6.07 Å². The summed E-state index contributed by atoms with van der Waals surface area (Å²) >= 11 is 0. The van der Waals surface area contributed by atoms with Crippen LogP contribution < -0.4 is 4.74 Å². The van der Waals surface area contributed by atoms with Gasteiger partial charge >= 0.3 is 0 Å². The van der Waals surface area contributed by atoms with E-state index in [1.807, 2.05) is 0 Å². The molecule has 0 heterocycles. The second-order valence-corrected chi connectivity index (χ2v) is 7.44. The number of aryl methyl sites for hydroxylation is 1. The van der Waals surface area contributed by atoms with Gasteiger partial charge in [-0.15, -0.1) is 0 Å². The van der Waals surface area contributed by atoms with Crippen LogP contribution in [0, 0.1) is 28.8 Å². The number of nitrogens with zero attached hydrogens (tertiary/aromatic N) is 1. The van der Waals surface area contributed by atoms with Crippen LogP contribution in [-0.2, 0) is 9.05 Å². The summed E-state index contributed by atoms with van der Waals surface area (Å²) in [4.78, 5) is 9.99. The third-order valence-corrected chi connectivity index (χ3v) is 4.18. The number of hydrogen-bond acceptors (Lipinski definition) is 5. The van der Waals surface area contributed by atoms with Gasteiger partial charge in [0.15, 0.2) is 11.6 Å².